The molecule has 0 aliphatic carbocycles. The zero-order valence-corrected chi connectivity index (χ0v) is 21.2. The highest BCUT2D eigenvalue weighted by Gasteiger charge is 2.35. The number of carbonyl (C=O) groups is 2. The summed E-state index contributed by atoms with van der Waals surface area (Å²) in [5, 5.41) is 4.85. The molecule has 3 aliphatic heterocycles. The molecule has 0 N–H and O–H groups in total. The Morgan fingerprint density at radius 3 is 2.36 bits per heavy atom. The summed E-state index contributed by atoms with van der Waals surface area (Å²) in [6, 6.07) is 10.2. The van der Waals surface area contributed by atoms with Crippen LogP contribution in [-0.4, -0.2) is 101 Å². The first kappa shape index (κ1) is 24.9. The number of hydrogen-bond acceptors (Lipinski definition) is 6. The molecule has 36 heavy (non-hydrogen) atoms. The molecule has 4 heterocycles. The van der Waals surface area contributed by atoms with Gasteiger partial charge in [-0.05, 0) is 25.3 Å². The van der Waals surface area contributed by atoms with Crippen molar-refractivity contribution < 1.29 is 19.1 Å². The molecule has 9 nitrogen and oxygen atoms in total. The molecule has 9 heteroatoms. The Hall–Kier alpha value is -2.75. The molecule has 2 aromatic rings. The van der Waals surface area contributed by atoms with Crippen molar-refractivity contribution in [1.29, 1.82) is 0 Å². The molecule has 0 bridgehead atoms. The molecule has 1 unspecified atom stereocenters. The van der Waals surface area contributed by atoms with Crippen molar-refractivity contribution in [2.45, 2.75) is 45.3 Å². The first-order valence-corrected chi connectivity index (χ1v) is 13.2. The van der Waals surface area contributed by atoms with Crippen LogP contribution in [0.1, 0.15) is 40.7 Å². The average Bonchev–Trinajstić information content (AvgIpc) is 3.31. The Balaban J connectivity index is 1.34. The van der Waals surface area contributed by atoms with E-state index in [9.17, 15) is 9.59 Å². The van der Waals surface area contributed by atoms with E-state index in [0.717, 1.165) is 43.7 Å². The van der Waals surface area contributed by atoms with Gasteiger partial charge < -0.3 is 19.3 Å². The molecule has 2 amide bonds. The number of aromatic nitrogens is 2. The fourth-order valence-corrected chi connectivity index (χ4v) is 5.41. The first-order chi connectivity index (χ1) is 17.6. The molecular formula is C27H37N5O4. The van der Waals surface area contributed by atoms with E-state index in [4.69, 9.17) is 14.6 Å². The second-order valence-electron chi connectivity index (χ2n) is 9.82. The lowest BCUT2D eigenvalue weighted by atomic mass is 10.0. The van der Waals surface area contributed by atoms with Gasteiger partial charge in [0, 0.05) is 63.5 Å². The number of carbonyl (C=O) groups excluding carboxylic acids is 2. The van der Waals surface area contributed by atoms with Crippen molar-refractivity contribution in [2.75, 3.05) is 59.2 Å². The standard InChI is InChI=1S/C27H37N5O4/c1-21(29-12-16-35-17-13-29)26(33)31-11-9-24-23(20-31)25(27(34)30-14-18-36-19-15-30)28-32(24)10-5-8-22-6-3-2-4-7-22/h2-4,6-7,21H,5,8-20H2,1H3. The topological polar surface area (TPSA) is 80.1 Å². The van der Waals surface area contributed by atoms with Crippen LogP contribution in [-0.2, 0) is 40.2 Å². The van der Waals surface area contributed by atoms with E-state index in [-0.39, 0.29) is 17.9 Å². The predicted molar refractivity (Wildman–Crippen MR) is 135 cm³/mol. The van der Waals surface area contributed by atoms with E-state index in [1.54, 1.807) is 0 Å². The van der Waals surface area contributed by atoms with Crippen LogP contribution in [0.5, 0.6) is 0 Å². The quantitative estimate of drug-likeness (QED) is 0.581. The third-order valence-corrected chi connectivity index (χ3v) is 7.58. The Bertz CT molecular complexity index is 1040. The molecule has 0 saturated carbocycles. The van der Waals surface area contributed by atoms with Crippen LogP contribution in [0, 0.1) is 0 Å². The number of rotatable bonds is 7. The maximum absolute atomic E-state index is 13.5. The molecule has 2 fully saturated rings. The zero-order valence-electron chi connectivity index (χ0n) is 21.2. The van der Waals surface area contributed by atoms with Crippen LogP contribution < -0.4 is 0 Å². The van der Waals surface area contributed by atoms with Gasteiger partial charge in [-0.1, -0.05) is 30.3 Å². The average molecular weight is 496 g/mol. The number of aryl methyl sites for hydroxylation is 2. The van der Waals surface area contributed by atoms with Crippen LogP contribution >= 0.6 is 0 Å². The van der Waals surface area contributed by atoms with E-state index >= 15 is 0 Å². The summed E-state index contributed by atoms with van der Waals surface area (Å²) in [7, 11) is 0. The maximum atomic E-state index is 13.5. The monoisotopic (exact) mass is 495 g/mol. The van der Waals surface area contributed by atoms with Crippen molar-refractivity contribution in [3.63, 3.8) is 0 Å². The number of nitrogens with zero attached hydrogens (tertiary/aromatic N) is 5. The number of ether oxygens (including phenoxy) is 2. The van der Waals surface area contributed by atoms with Crippen LogP contribution in [0.3, 0.4) is 0 Å². The highest BCUT2D eigenvalue weighted by atomic mass is 16.5. The van der Waals surface area contributed by atoms with Gasteiger partial charge in [0.2, 0.25) is 5.91 Å². The Labute approximate surface area is 212 Å². The molecule has 0 spiro atoms. The van der Waals surface area contributed by atoms with E-state index in [0.29, 0.717) is 64.7 Å². The Morgan fingerprint density at radius 1 is 0.944 bits per heavy atom. The summed E-state index contributed by atoms with van der Waals surface area (Å²) in [6.07, 6.45) is 2.62. The van der Waals surface area contributed by atoms with Gasteiger partial charge in [0.05, 0.1) is 32.5 Å². The van der Waals surface area contributed by atoms with Gasteiger partial charge in [0.1, 0.15) is 0 Å². The van der Waals surface area contributed by atoms with Crippen LogP contribution in [0.4, 0.5) is 0 Å². The number of amides is 2. The molecule has 1 aromatic heterocycles. The van der Waals surface area contributed by atoms with Crippen molar-refractivity contribution in [3.05, 3.63) is 52.8 Å². The summed E-state index contributed by atoms with van der Waals surface area (Å²) >= 11 is 0. The van der Waals surface area contributed by atoms with Crippen molar-refractivity contribution >= 4 is 11.8 Å². The van der Waals surface area contributed by atoms with Crippen LogP contribution in [0.2, 0.25) is 0 Å². The number of morpholine rings is 2. The van der Waals surface area contributed by atoms with E-state index in [1.165, 1.54) is 5.56 Å². The molecule has 2 saturated heterocycles. The van der Waals surface area contributed by atoms with E-state index < -0.39 is 0 Å². The van der Waals surface area contributed by atoms with Gasteiger partial charge in [0.15, 0.2) is 5.69 Å². The SMILES string of the molecule is CC(C(=O)N1CCc2c(c(C(=O)N3CCOCC3)nn2CCCc2ccccc2)C1)N1CCOCC1. The fraction of sp³-hybridized carbons (Fsp3) is 0.593. The summed E-state index contributed by atoms with van der Waals surface area (Å²) in [5.74, 6) is 0.0658. The zero-order chi connectivity index (χ0) is 24.9. The van der Waals surface area contributed by atoms with Gasteiger partial charge in [-0.15, -0.1) is 0 Å². The molecule has 1 atom stereocenters. The molecule has 0 radical (unpaired) electrons. The Morgan fingerprint density at radius 2 is 1.64 bits per heavy atom. The van der Waals surface area contributed by atoms with Gasteiger partial charge >= 0.3 is 0 Å². The molecule has 1 aromatic carbocycles. The number of fused-ring (bicyclic) bond motifs is 1. The minimum atomic E-state index is -0.199. The van der Waals surface area contributed by atoms with Crippen molar-refractivity contribution in [2.24, 2.45) is 0 Å². The second kappa shape index (κ2) is 11.5. The molecule has 3 aliphatic rings. The summed E-state index contributed by atoms with van der Waals surface area (Å²) in [6.45, 7) is 8.94. The summed E-state index contributed by atoms with van der Waals surface area (Å²) in [4.78, 5) is 32.9. The van der Waals surface area contributed by atoms with Crippen molar-refractivity contribution in [3.8, 4) is 0 Å². The molecular weight excluding hydrogens is 458 g/mol. The van der Waals surface area contributed by atoms with Gasteiger partial charge in [0.25, 0.3) is 5.91 Å². The number of benzene rings is 1. The molecule has 194 valence electrons. The van der Waals surface area contributed by atoms with Crippen molar-refractivity contribution in [1.82, 2.24) is 24.5 Å². The third-order valence-electron chi connectivity index (χ3n) is 7.58. The number of hydrogen-bond donors (Lipinski definition) is 0. The van der Waals surface area contributed by atoms with E-state index in [2.05, 4.69) is 29.2 Å². The first-order valence-electron chi connectivity index (χ1n) is 13.2. The largest absolute Gasteiger partial charge is 0.379 e. The second-order valence-corrected chi connectivity index (χ2v) is 9.82. The highest BCUT2D eigenvalue weighted by molar-refractivity contribution is 5.94. The summed E-state index contributed by atoms with van der Waals surface area (Å²) in [5.41, 5.74) is 3.82. The van der Waals surface area contributed by atoms with Gasteiger partial charge in [-0.2, -0.15) is 5.10 Å². The lowest BCUT2D eigenvalue weighted by Crippen LogP contribution is -2.52. The van der Waals surface area contributed by atoms with Gasteiger partial charge in [-0.25, -0.2) is 0 Å². The smallest absolute Gasteiger partial charge is 0.274 e. The highest BCUT2D eigenvalue weighted by Crippen LogP contribution is 2.26. The maximum Gasteiger partial charge on any atom is 0.274 e. The Kier molecular flexibility index (Phi) is 7.99. The minimum Gasteiger partial charge on any atom is -0.379 e. The van der Waals surface area contributed by atoms with E-state index in [1.807, 2.05) is 27.5 Å². The van der Waals surface area contributed by atoms with Gasteiger partial charge in [-0.3, -0.25) is 19.2 Å². The normalized spacial score (nSPS) is 19.7. The third kappa shape index (κ3) is 5.48. The van der Waals surface area contributed by atoms with Crippen LogP contribution in [0.15, 0.2) is 30.3 Å². The molecule has 5 rings (SSSR count). The summed E-state index contributed by atoms with van der Waals surface area (Å²) < 4.78 is 12.9. The minimum absolute atomic E-state index is 0.0492. The fourth-order valence-electron chi connectivity index (χ4n) is 5.41. The lowest BCUT2D eigenvalue weighted by molar-refractivity contribution is -0.139. The predicted octanol–water partition coefficient (Wildman–Crippen LogP) is 1.59. The van der Waals surface area contributed by atoms with Crippen LogP contribution in [0.25, 0.3) is 0 Å². The lowest BCUT2D eigenvalue weighted by Gasteiger charge is -2.36.